The van der Waals surface area contributed by atoms with E-state index in [-0.39, 0.29) is 11.3 Å². The lowest BCUT2D eigenvalue weighted by Gasteiger charge is -2.12. The summed E-state index contributed by atoms with van der Waals surface area (Å²) in [4.78, 5) is 23.1. The number of hydrogen-bond donors (Lipinski definition) is 1. The molecule has 0 fully saturated rings. The quantitative estimate of drug-likeness (QED) is 0.850. The molecule has 0 aliphatic rings. The Labute approximate surface area is 132 Å². The van der Waals surface area contributed by atoms with Crippen LogP contribution in [0.5, 0.6) is 0 Å². The molecule has 0 aromatic carbocycles. The lowest BCUT2D eigenvalue weighted by molar-refractivity contribution is 0.405. The number of nitrogens with one attached hydrogen (secondary N) is 1. The van der Waals surface area contributed by atoms with Gasteiger partial charge in [-0.25, -0.2) is 17.9 Å². The van der Waals surface area contributed by atoms with Gasteiger partial charge in [0.05, 0.1) is 5.69 Å². The van der Waals surface area contributed by atoms with Gasteiger partial charge in [-0.3, -0.25) is 9.36 Å². The van der Waals surface area contributed by atoms with Crippen LogP contribution in [0.1, 0.15) is 26.5 Å². The molecule has 0 atom stereocenters. The van der Waals surface area contributed by atoms with E-state index in [0.717, 1.165) is 15.3 Å². The topological polar surface area (TPSA) is 116 Å². The standard InChI is InChI=1S/C13H18N4O5S/c1-13(2,3)9-6-10(22-14-9)15-23(20,21)8-7-16(4)12(19)17(5)11(8)18/h6-7,15H,1-5H3. The summed E-state index contributed by atoms with van der Waals surface area (Å²) in [7, 11) is -1.66. The zero-order chi connectivity index (χ0) is 17.6. The van der Waals surface area contributed by atoms with Crippen molar-refractivity contribution in [2.24, 2.45) is 14.1 Å². The molecule has 10 heteroatoms. The number of rotatable bonds is 3. The summed E-state index contributed by atoms with van der Waals surface area (Å²) in [5.41, 5.74) is -1.30. The van der Waals surface area contributed by atoms with Crippen molar-refractivity contribution in [2.45, 2.75) is 31.1 Å². The third kappa shape index (κ3) is 3.21. The Kier molecular flexibility index (Phi) is 3.97. The minimum Gasteiger partial charge on any atom is -0.338 e. The highest BCUT2D eigenvalue weighted by Gasteiger charge is 2.25. The van der Waals surface area contributed by atoms with Crippen molar-refractivity contribution in [1.29, 1.82) is 0 Å². The van der Waals surface area contributed by atoms with Gasteiger partial charge in [-0.1, -0.05) is 25.9 Å². The Balaban J connectivity index is 2.47. The van der Waals surface area contributed by atoms with E-state index in [4.69, 9.17) is 4.52 Å². The van der Waals surface area contributed by atoms with E-state index >= 15 is 0 Å². The number of aryl methyl sites for hydroxylation is 1. The predicted octanol–water partition coefficient (Wildman–Crippen LogP) is 0.170. The normalized spacial score (nSPS) is 12.4. The monoisotopic (exact) mass is 342 g/mol. The molecule has 0 unspecified atom stereocenters. The Morgan fingerprint density at radius 3 is 2.35 bits per heavy atom. The third-order valence-corrected chi connectivity index (χ3v) is 4.55. The average Bonchev–Trinajstić information content (AvgIpc) is 2.88. The molecule has 2 aromatic heterocycles. The molecule has 0 amide bonds. The van der Waals surface area contributed by atoms with Crippen LogP contribution >= 0.6 is 0 Å². The molecule has 2 heterocycles. The fraction of sp³-hybridized carbons (Fsp3) is 0.462. The van der Waals surface area contributed by atoms with Crippen molar-refractivity contribution in [2.75, 3.05) is 4.72 Å². The van der Waals surface area contributed by atoms with Gasteiger partial charge >= 0.3 is 5.69 Å². The maximum Gasteiger partial charge on any atom is 0.330 e. The molecule has 0 spiro atoms. The predicted molar refractivity (Wildman–Crippen MR) is 82.9 cm³/mol. The van der Waals surface area contributed by atoms with Crippen LogP contribution < -0.4 is 16.0 Å². The summed E-state index contributed by atoms with van der Waals surface area (Å²) >= 11 is 0. The lowest BCUT2D eigenvalue weighted by Crippen LogP contribution is -2.40. The SMILES string of the molecule is Cn1cc(S(=O)(=O)Nc2cc(C(C)(C)C)no2)c(=O)n(C)c1=O. The van der Waals surface area contributed by atoms with E-state index < -0.39 is 26.2 Å². The maximum absolute atomic E-state index is 12.4. The summed E-state index contributed by atoms with van der Waals surface area (Å²) in [6.45, 7) is 5.68. The lowest BCUT2D eigenvalue weighted by atomic mass is 9.92. The molecule has 0 aliphatic carbocycles. The summed E-state index contributed by atoms with van der Waals surface area (Å²) in [6, 6.07) is 1.45. The van der Waals surface area contributed by atoms with Crippen molar-refractivity contribution in [1.82, 2.24) is 14.3 Å². The molecular weight excluding hydrogens is 324 g/mol. The number of anilines is 1. The van der Waals surface area contributed by atoms with Gasteiger partial charge in [0.15, 0.2) is 4.90 Å². The van der Waals surface area contributed by atoms with Gasteiger partial charge in [-0.05, 0) is 0 Å². The maximum atomic E-state index is 12.4. The van der Waals surface area contributed by atoms with Gasteiger partial charge in [0.2, 0.25) is 5.88 Å². The fourth-order valence-electron chi connectivity index (χ4n) is 1.82. The summed E-state index contributed by atoms with van der Waals surface area (Å²) < 4.78 is 33.6. The third-order valence-electron chi connectivity index (χ3n) is 3.22. The second-order valence-electron chi connectivity index (χ2n) is 6.18. The Morgan fingerprint density at radius 2 is 1.83 bits per heavy atom. The zero-order valence-electron chi connectivity index (χ0n) is 13.4. The average molecular weight is 342 g/mol. The second-order valence-corrected chi connectivity index (χ2v) is 7.83. The van der Waals surface area contributed by atoms with Crippen molar-refractivity contribution in [3.8, 4) is 0 Å². The zero-order valence-corrected chi connectivity index (χ0v) is 14.3. The second kappa shape index (κ2) is 5.37. The van der Waals surface area contributed by atoms with E-state index in [1.165, 1.54) is 20.2 Å². The van der Waals surface area contributed by atoms with Crippen molar-refractivity contribution in [3.05, 3.63) is 38.8 Å². The van der Waals surface area contributed by atoms with Gasteiger partial charge in [0.1, 0.15) is 0 Å². The van der Waals surface area contributed by atoms with E-state index in [1.54, 1.807) is 0 Å². The van der Waals surface area contributed by atoms with Gasteiger partial charge in [0, 0.05) is 31.8 Å². The van der Waals surface area contributed by atoms with Crippen LogP contribution in [-0.4, -0.2) is 22.7 Å². The number of hydrogen-bond acceptors (Lipinski definition) is 6. The number of sulfonamides is 1. The van der Waals surface area contributed by atoms with Crippen LogP contribution in [0.2, 0.25) is 0 Å². The number of nitrogens with zero attached hydrogens (tertiary/aromatic N) is 3. The van der Waals surface area contributed by atoms with Gasteiger partial charge in [-0.2, -0.15) is 0 Å². The molecule has 2 aromatic rings. The smallest absolute Gasteiger partial charge is 0.330 e. The van der Waals surface area contributed by atoms with Crippen LogP contribution in [0.4, 0.5) is 5.88 Å². The van der Waals surface area contributed by atoms with Crippen LogP contribution in [0, 0.1) is 0 Å². The van der Waals surface area contributed by atoms with E-state index in [0.29, 0.717) is 5.69 Å². The van der Waals surface area contributed by atoms with Crippen molar-refractivity contribution < 1.29 is 12.9 Å². The molecule has 0 radical (unpaired) electrons. The molecule has 0 saturated heterocycles. The first-order valence-corrected chi connectivity index (χ1v) is 8.18. The first-order valence-electron chi connectivity index (χ1n) is 6.70. The van der Waals surface area contributed by atoms with E-state index in [2.05, 4.69) is 9.88 Å². The Morgan fingerprint density at radius 1 is 1.22 bits per heavy atom. The van der Waals surface area contributed by atoms with Gasteiger partial charge in [-0.15, -0.1) is 0 Å². The van der Waals surface area contributed by atoms with E-state index in [9.17, 15) is 18.0 Å². The van der Waals surface area contributed by atoms with Gasteiger partial charge in [0.25, 0.3) is 15.6 Å². The van der Waals surface area contributed by atoms with E-state index in [1.807, 2.05) is 20.8 Å². The Bertz CT molecular complexity index is 959. The highest BCUT2D eigenvalue weighted by atomic mass is 32.2. The molecular formula is C13H18N4O5S. The highest BCUT2D eigenvalue weighted by Crippen LogP contribution is 2.24. The molecule has 126 valence electrons. The molecule has 9 nitrogen and oxygen atoms in total. The van der Waals surface area contributed by atoms with Crippen LogP contribution in [0.3, 0.4) is 0 Å². The molecule has 2 rings (SSSR count). The van der Waals surface area contributed by atoms with Crippen LogP contribution in [0.15, 0.2) is 31.3 Å². The summed E-state index contributed by atoms with van der Waals surface area (Å²) in [5.74, 6) is -0.106. The van der Waals surface area contributed by atoms with Crippen molar-refractivity contribution >= 4 is 15.9 Å². The molecule has 0 aliphatic heterocycles. The van der Waals surface area contributed by atoms with Gasteiger partial charge < -0.3 is 9.09 Å². The highest BCUT2D eigenvalue weighted by molar-refractivity contribution is 7.92. The summed E-state index contributed by atoms with van der Waals surface area (Å²) in [6.07, 6.45) is 0.966. The first kappa shape index (κ1) is 17.0. The number of aromatic nitrogens is 3. The molecule has 23 heavy (non-hydrogen) atoms. The minimum atomic E-state index is -4.21. The molecule has 0 bridgehead atoms. The molecule has 1 N–H and O–H groups in total. The minimum absolute atomic E-state index is 0.106. The van der Waals surface area contributed by atoms with Crippen LogP contribution in [-0.2, 0) is 29.5 Å². The first-order chi connectivity index (χ1) is 10.4. The fourth-order valence-corrected chi connectivity index (χ4v) is 2.96. The molecule has 0 saturated carbocycles. The largest absolute Gasteiger partial charge is 0.338 e. The van der Waals surface area contributed by atoms with Crippen LogP contribution in [0.25, 0.3) is 0 Å². The Hall–Kier alpha value is -2.36. The summed E-state index contributed by atoms with van der Waals surface area (Å²) in [5, 5.41) is 3.80. The van der Waals surface area contributed by atoms with Crippen molar-refractivity contribution in [3.63, 3.8) is 0 Å².